The number of anilines is 3. The fourth-order valence-electron chi connectivity index (χ4n) is 3.05. The van der Waals surface area contributed by atoms with E-state index in [1.165, 1.54) is 11.3 Å². The van der Waals surface area contributed by atoms with Gasteiger partial charge >= 0.3 is 0 Å². The molecule has 0 aliphatic carbocycles. The van der Waals surface area contributed by atoms with Crippen LogP contribution in [0.4, 0.5) is 17.5 Å². The monoisotopic (exact) mass is 283 g/mol. The Hall–Kier alpha value is -2.30. The van der Waals surface area contributed by atoms with E-state index < -0.39 is 0 Å². The first-order valence-electron chi connectivity index (χ1n) is 7.30. The first kappa shape index (κ1) is 13.7. The fraction of sp³-hybridized carbons (Fsp3) is 0.375. The lowest BCUT2D eigenvalue weighted by Gasteiger charge is -2.39. The molecule has 5 heteroatoms. The Morgan fingerprint density at radius 1 is 1.24 bits per heavy atom. The largest absolute Gasteiger partial charge is 0.368 e. The second kappa shape index (κ2) is 5.24. The molecule has 2 heterocycles. The molecule has 0 bridgehead atoms. The average Bonchev–Trinajstić information content (AvgIpc) is 2.42. The molecule has 1 aliphatic heterocycles. The predicted molar refractivity (Wildman–Crippen MR) is 86.2 cm³/mol. The molecule has 0 amide bonds. The highest BCUT2D eigenvalue weighted by Gasteiger charge is 2.27. The van der Waals surface area contributed by atoms with E-state index in [9.17, 15) is 0 Å². The van der Waals surface area contributed by atoms with E-state index >= 15 is 0 Å². The van der Waals surface area contributed by atoms with Crippen LogP contribution in [0.1, 0.15) is 37.4 Å². The van der Waals surface area contributed by atoms with E-state index in [0.717, 1.165) is 17.9 Å². The number of aryl methyl sites for hydroxylation is 1. The zero-order valence-corrected chi connectivity index (χ0v) is 12.7. The van der Waals surface area contributed by atoms with E-state index in [1.807, 2.05) is 13.0 Å². The van der Waals surface area contributed by atoms with Crippen LogP contribution in [0.3, 0.4) is 0 Å². The van der Waals surface area contributed by atoms with Crippen LogP contribution in [0.2, 0.25) is 0 Å². The van der Waals surface area contributed by atoms with Crippen molar-refractivity contribution in [2.24, 2.45) is 0 Å². The minimum Gasteiger partial charge on any atom is -0.368 e. The lowest BCUT2D eigenvalue weighted by atomic mass is 9.88. The molecule has 1 aromatic heterocycles. The maximum Gasteiger partial charge on any atom is 0.222 e. The third kappa shape index (κ3) is 2.63. The molecule has 0 saturated heterocycles. The first-order chi connectivity index (χ1) is 10.0. The van der Waals surface area contributed by atoms with Crippen LogP contribution in [0.25, 0.3) is 0 Å². The topological polar surface area (TPSA) is 67.1 Å². The third-order valence-corrected chi connectivity index (χ3v) is 3.97. The summed E-state index contributed by atoms with van der Waals surface area (Å²) in [6.45, 7) is 6.41. The Labute approximate surface area is 125 Å². The molecular weight excluding hydrogens is 262 g/mol. The van der Waals surface area contributed by atoms with Crippen LogP contribution in [0.15, 0.2) is 30.3 Å². The van der Waals surface area contributed by atoms with Gasteiger partial charge in [-0.15, -0.1) is 0 Å². The van der Waals surface area contributed by atoms with Gasteiger partial charge in [-0.05, 0) is 37.8 Å². The molecular formula is C16H21N5. The van der Waals surface area contributed by atoms with Crippen molar-refractivity contribution in [1.82, 2.24) is 9.97 Å². The number of hydrogen-bond acceptors (Lipinski definition) is 5. The molecule has 0 fully saturated rings. The van der Waals surface area contributed by atoms with Crippen molar-refractivity contribution in [2.45, 2.75) is 39.2 Å². The van der Waals surface area contributed by atoms with Gasteiger partial charge in [0.25, 0.3) is 0 Å². The SMILES string of the molecule is Cc1cc(NN2c3ccccc3C(C)CC2C)nc(N)n1. The molecule has 0 radical (unpaired) electrons. The maximum absolute atomic E-state index is 5.74. The van der Waals surface area contributed by atoms with E-state index in [-0.39, 0.29) is 0 Å². The lowest BCUT2D eigenvalue weighted by molar-refractivity contribution is 0.530. The van der Waals surface area contributed by atoms with E-state index in [1.54, 1.807) is 0 Å². The summed E-state index contributed by atoms with van der Waals surface area (Å²) in [4.78, 5) is 8.38. The molecule has 21 heavy (non-hydrogen) atoms. The molecule has 2 atom stereocenters. The van der Waals surface area contributed by atoms with Gasteiger partial charge in [-0.2, -0.15) is 4.98 Å². The molecule has 1 aromatic carbocycles. The number of nitrogens with one attached hydrogen (secondary N) is 1. The average molecular weight is 283 g/mol. The molecule has 0 spiro atoms. The van der Waals surface area contributed by atoms with Gasteiger partial charge < -0.3 is 5.73 Å². The van der Waals surface area contributed by atoms with Gasteiger partial charge in [0.05, 0.1) is 5.69 Å². The van der Waals surface area contributed by atoms with E-state index in [0.29, 0.717) is 17.9 Å². The van der Waals surface area contributed by atoms with Crippen molar-refractivity contribution in [3.63, 3.8) is 0 Å². The summed E-state index contributed by atoms with van der Waals surface area (Å²) in [6.07, 6.45) is 1.10. The smallest absolute Gasteiger partial charge is 0.222 e. The fourth-order valence-corrected chi connectivity index (χ4v) is 3.05. The minimum atomic E-state index is 0.295. The highest BCUT2D eigenvalue weighted by molar-refractivity contribution is 5.61. The summed E-state index contributed by atoms with van der Waals surface area (Å²) >= 11 is 0. The molecule has 0 saturated carbocycles. The van der Waals surface area contributed by atoms with Crippen molar-refractivity contribution in [3.05, 3.63) is 41.6 Å². The van der Waals surface area contributed by atoms with Crippen LogP contribution in [-0.4, -0.2) is 16.0 Å². The molecule has 3 N–H and O–H groups in total. The lowest BCUT2D eigenvalue weighted by Crippen LogP contribution is -2.42. The predicted octanol–water partition coefficient (Wildman–Crippen LogP) is 3.10. The Bertz CT molecular complexity index is 635. The summed E-state index contributed by atoms with van der Waals surface area (Å²) in [5.74, 6) is 1.59. The Morgan fingerprint density at radius 3 is 2.76 bits per heavy atom. The van der Waals surface area contributed by atoms with E-state index in [2.05, 4.69) is 58.5 Å². The number of aromatic nitrogens is 2. The number of para-hydroxylation sites is 1. The zero-order chi connectivity index (χ0) is 15.0. The normalized spacial score (nSPS) is 21.0. The number of hydrazine groups is 1. The summed E-state index contributed by atoms with van der Waals surface area (Å²) < 4.78 is 0. The van der Waals surface area contributed by atoms with Crippen molar-refractivity contribution in [3.8, 4) is 0 Å². The number of nitrogen functional groups attached to an aromatic ring is 1. The number of benzene rings is 1. The standard InChI is InChI=1S/C16H21N5/c1-10-8-12(3)21(14-7-5-4-6-13(10)14)20-15-9-11(2)18-16(17)19-15/h4-7,9-10,12H,8H2,1-3H3,(H3,17,18,19,20). The van der Waals surface area contributed by atoms with Gasteiger partial charge in [0.15, 0.2) is 0 Å². The molecule has 2 unspecified atom stereocenters. The van der Waals surface area contributed by atoms with E-state index in [4.69, 9.17) is 5.73 Å². The van der Waals surface area contributed by atoms with Gasteiger partial charge in [-0.1, -0.05) is 25.1 Å². The number of hydrogen-bond donors (Lipinski definition) is 2. The van der Waals surface area contributed by atoms with Gasteiger partial charge in [0, 0.05) is 17.8 Å². The summed E-state index contributed by atoms with van der Waals surface area (Å²) in [5.41, 5.74) is 12.6. The van der Waals surface area contributed by atoms with Crippen LogP contribution in [-0.2, 0) is 0 Å². The third-order valence-electron chi connectivity index (χ3n) is 3.97. The van der Waals surface area contributed by atoms with Crippen LogP contribution < -0.4 is 16.2 Å². The van der Waals surface area contributed by atoms with Crippen molar-refractivity contribution < 1.29 is 0 Å². The van der Waals surface area contributed by atoms with Crippen molar-refractivity contribution >= 4 is 17.5 Å². The second-order valence-corrected chi connectivity index (χ2v) is 5.78. The first-order valence-corrected chi connectivity index (χ1v) is 7.30. The number of nitrogens with zero attached hydrogens (tertiary/aromatic N) is 3. The molecule has 5 nitrogen and oxygen atoms in total. The molecule has 2 aromatic rings. The van der Waals surface area contributed by atoms with Crippen LogP contribution in [0.5, 0.6) is 0 Å². The van der Waals surface area contributed by atoms with Gasteiger partial charge in [-0.3, -0.25) is 10.4 Å². The van der Waals surface area contributed by atoms with Crippen LogP contribution >= 0.6 is 0 Å². The van der Waals surface area contributed by atoms with Gasteiger partial charge in [-0.25, -0.2) is 4.98 Å². The Kier molecular flexibility index (Phi) is 3.41. The summed E-state index contributed by atoms with van der Waals surface area (Å²) in [7, 11) is 0. The molecule has 3 rings (SSSR count). The molecule has 1 aliphatic rings. The minimum absolute atomic E-state index is 0.295. The Balaban J connectivity index is 1.96. The number of rotatable bonds is 2. The second-order valence-electron chi connectivity index (χ2n) is 5.78. The van der Waals surface area contributed by atoms with Gasteiger partial charge in [0.2, 0.25) is 5.95 Å². The number of nitrogens with two attached hydrogens (primary N) is 1. The zero-order valence-electron chi connectivity index (χ0n) is 12.7. The van der Waals surface area contributed by atoms with Crippen LogP contribution in [0, 0.1) is 6.92 Å². The highest BCUT2D eigenvalue weighted by atomic mass is 15.5. The quantitative estimate of drug-likeness (QED) is 0.886. The highest BCUT2D eigenvalue weighted by Crippen LogP contribution is 2.37. The summed E-state index contributed by atoms with van der Waals surface area (Å²) in [5, 5.41) is 2.18. The maximum atomic E-state index is 5.74. The van der Waals surface area contributed by atoms with Gasteiger partial charge in [0.1, 0.15) is 5.82 Å². The summed E-state index contributed by atoms with van der Waals surface area (Å²) in [6, 6.07) is 10.8. The van der Waals surface area contributed by atoms with Crippen molar-refractivity contribution in [1.29, 1.82) is 0 Å². The van der Waals surface area contributed by atoms with Crippen molar-refractivity contribution in [2.75, 3.05) is 16.2 Å². The number of fused-ring (bicyclic) bond motifs is 1. The Morgan fingerprint density at radius 2 is 2.00 bits per heavy atom. The molecule has 110 valence electrons.